The van der Waals surface area contributed by atoms with E-state index in [2.05, 4.69) is 35.5 Å². The standard InChI is InChI=1S/C29H35N9O2/c1-5-25(39)22-18-30-27(37(3)26-12-11-20(33-34-26)13-16-38-14-6-7-15-38)17-24(22)32-23-10-8-9-21(28(23)40-4)29-31-19-36(2)35-29/h8-12,17-19H,5-7,13-16H2,1-4H3,(H,30,32). The third kappa shape index (κ3) is 5.94. The van der Waals surface area contributed by atoms with Gasteiger partial charge in [-0.3, -0.25) is 9.48 Å². The zero-order valence-electron chi connectivity index (χ0n) is 23.5. The third-order valence-corrected chi connectivity index (χ3v) is 7.12. The summed E-state index contributed by atoms with van der Waals surface area (Å²) < 4.78 is 7.41. The number of hydrogen-bond donors (Lipinski definition) is 1. The number of anilines is 4. The number of ketones is 1. The third-order valence-electron chi connectivity index (χ3n) is 7.12. The number of carbonyl (C=O) groups is 1. The van der Waals surface area contributed by atoms with Crippen molar-refractivity contribution in [2.75, 3.05) is 44.0 Å². The number of benzene rings is 1. The van der Waals surface area contributed by atoms with Crippen LogP contribution in [0.1, 0.15) is 42.2 Å². The number of methoxy groups -OCH3 is 1. The number of carbonyl (C=O) groups excluding carboxylic acids is 1. The lowest BCUT2D eigenvalue weighted by atomic mass is 10.1. The van der Waals surface area contributed by atoms with Gasteiger partial charge in [0.25, 0.3) is 0 Å². The molecule has 1 aromatic carbocycles. The van der Waals surface area contributed by atoms with Crippen LogP contribution < -0.4 is 15.0 Å². The fraction of sp³-hybridized carbons (Fsp3) is 0.379. The van der Waals surface area contributed by atoms with E-state index in [0.29, 0.717) is 46.6 Å². The predicted molar refractivity (Wildman–Crippen MR) is 155 cm³/mol. The number of nitrogens with zero attached hydrogens (tertiary/aromatic N) is 8. The summed E-state index contributed by atoms with van der Waals surface area (Å²) in [5.74, 6) is 2.39. The average Bonchev–Trinajstić information content (AvgIpc) is 3.67. The lowest BCUT2D eigenvalue weighted by Crippen LogP contribution is -2.22. The SMILES string of the molecule is CCC(=O)c1cnc(N(C)c2ccc(CCN3CCCC3)nn2)cc1Nc1cccc(-c2ncn(C)n2)c1OC. The van der Waals surface area contributed by atoms with Crippen LogP contribution >= 0.6 is 0 Å². The van der Waals surface area contributed by atoms with E-state index in [1.165, 1.54) is 25.9 Å². The van der Waals surface area contributed by atoms with Crippen molar-refractivity contribution in [3.63, 3.8) is 0 Å². The molecular weight excluding hydrogens is 506 g/mol. The predicted octanol–water partition coefficient (Wildman–Crippen LogP) is 4.42. The Hall–Kier alpha value is -4.38. The molecule has 1 N–H and O–H groups in total. The Balaban J connectivity index is 1.41. The highest BCUT2D eigenvalue weighted by atomic mass is 16.5. The molecule has 40 heavy (non-hydrogen) atoms. The van der Waals surface area contributed by atoms with Gasteiger partial charge in [0.2, 0.25) is 0 Å². The Morgan fingerprint density at radius 3 is 2.58 bits per heavy atom. The maximum atomic E-state index is 12.8. The van der Waals surface area contributed by atoms with E-state index in [1.54, 1.807) is 24.3 Å². The molecule has 0 aliphatic carbocycles. The van der Waals surface area contributed by atoms with Crippen LogP contribution in [0.15, 0.2) is 48.9 Å². The summed E-state index contributed by atoms with van der Waals surface area (Å²) in [7, 11) is 5.30. The first kappa shape index (κ1) is 27.2. The zero-order chi connectivity index (χ0) is 28.1. The molecule has 1 aliphatic rings. The van der Waals surface area contributed by atoms with E-state index >= 15 is 0 Å². The first-order valence-corrected chi connectivity index (χ1v) is 13.6. The second kappa shape index (κ2) is 12.2. The number of Topliss-reactive ketones (excluding diaryl/α,β-unsaturated/α-hetero) is 1. The minimum Gasteiger partial charge on any atom is -0.494 e. The van der Waals surface area contributed by atoms with Gasteiger partial charge in [0, 0.05) is 45.7 Å². The number of hydrogen-bond acceptors (Lipinski definition) is 10. The first-order valence-electron chi connectivity index (χ1n) is 13.6. The molecular formula is C29H35N9O2. The van der Waals surface area contributed by atoms with E-state index < -0.39 is 0 Å². The molecule has 0 amide bonds. The Kier molecular flexibility index (Phi) is 8.30. The van der Waals surface area contributed by atoms with Crippen molar-refractivity contribution < 1.29 is 9.53 Å². The van der Waals surface area contributed by atoms with Gasteiger partial charge in [-0.2, -0.15) is 10.2 Å². The van der Waals surface area contributed by atoms with Crippen molar-refractivity contribution in [1.29, 1.82) is 0 Å². The maximum Gasteiger partial charge on any atom is 0.184 e. The summed E-state index contributed by atoms with van der Waals surface area (Å²) in [6.07, 6.45) is 7.04. The second-order valence-electron chi connectivity index (χ2n) is 9.86. The van der Waals surface area contributed by atoms with Gasteiger partial charge in [-0.15, -0.1) is 5.10 Å². The van der Waals surface area contributed by atoms with E-state index in [9.17, 15) is 4.79 Å². The summed E-state index contributed by atoms with van der Waals surface area (Å²) in [5.41, 5.74) is 3.50. The Bertz CT molecular complexity index is 1460. The molecule has 0 spiro atoms. The number of aryl methyl sites for hydroxylation is 1. The molecule has 0 saturated carbocycles. The molecule has 0 atom stereocenters. The van der Waals surface area contributed by atoms with Crippen molar-refractivity contribution >= 4 is 28.8 Å². The summed E-state index contributed by atoms with van der Waals surface area (Å²) in [6.45, 7) is 5.18. The molecule has 0 unspecified atom stereocenters. The first-order chi connectivity index (χ1) is 19.5. The molecule has 0 bridgehead atoms. The number of ether oxygens (including phenoxy) is 1. The van der Waals surface area contributed by atoms with E-state index in [0.717, 1.165) is 24.2 Å². The fourth-order valence-corrected chi connectivity index (χ4v) is 4.84. The zero-order valence-corrected chi connectivity index (χ0v) is 23.5. The van der Waals surface area contributed by atoms with Crippen LogP contribution in [0.3, 0.4) is 0 Å². The molecule has 0 radical (unpaired) electrons. The van der Waals surface area contributed by atoms with Crippen molar-refractivity contribution in [1.82, 2.24) is 34.8 Å². The Morgan fingerprint density at radius 1 is 1.07 bits per heavy atom. The van der Waals surface area contributed by atoms with Gasteiger partial charge in [0.05, 0.1) is 35.3 Å². The molecule has 11 nitrogen and oxygen atoms in total. The molecule has 1 aliphatic heterocycles. The fourth-order valence-electron chi connectivity index (χ4n) is 4.84. The van der Waals surface area contributed by atoms with Gasteiger partial charge in [-0.25, -0.2) is 9.97 Å². The van der Waals surface area contributed by atoms with Crippen molar-refractivity contribution in [2.24, 2.45) is 7.05 Å². The molecule has 1 saturated heterocycles. The number of aromatic nitrogens is 6. The van der Waals surface area contributed by atoms with Crippen LogP contribution in [0.2, 0.25) is 0 Å². The topological polar surface area (TPSA) is 114 Å². The average molecular weight is 542 g/mol. The lowest BCUT2D eigenvalue weighted by molar-refractivity contribution is 0.0988. The van der Waals surface area contributed by atoms with Crippen LogP contribution in [0.25, 0.3) is 11.4 Å². The van der Waals surface area contributed by atoms with Crippen molar-refractivity contribution in [3.05, 3.63) is 60.2 Å². The van der Waals surface area contributed by atoms with Crippen LogP contribution in [0.4, 0.5) is 23.0 Å². The molecule has 1 fully saturated rings. The highest BCUT2D eigenvalue weighted by Crippen LogP contribution is 2.38. The van der Waals surface area contributed by atoms with Crippen LogP contribution in [0, 0.1) is 0 Å². The summed E-state index contributed by atoms with van der Waals surface area (Å²) in [6, 6.07) is 11.5. The Morgan fingerprint density at radius 2 is 1.90 bits per heavy atom. The Labute approximate surface area is 234 Å². The van der Waals surface area contributed by atoms with Gasteiger partial charge in [-0.1, -0.05) is 13.0 Å². The molecule has 5 rings (SSSR count). The van der Waals surface area contributed by atoms with Crippen LogP contribution in [0.5, 0.6) is 5.75 Å². The largest absolute Gasteiger partial charge is 0.494 e. The number of para-hydroxylation sites is 1. The second-order valence-corrected chi connectivity index (χ2v) is 9.86. The maximum absolute atomic E-state index is 12.8. The van der Waals surface area contributed by atoms with Gasteiger partial charge in [0.1, 0.15) is 12.1 Å². The summed E-state index contributed by atoms with van der Waals surface area (Å²) >= 11 is 0. The number of rotatable bonds is 11. The number of likely N-dealkylation sites (tertiary alicyclic amines) is 1. The lowest BCUT2D eigenvalue weighted by Gasteiger charge is -2.20. The number of pyridine rings is 1. The highest BCUT2D eigenvalue weighted by molar-refractivity contribution is 6.02. The quantitative estimate of drug-likeness (QED) is 0.274. The van der Waals surface area contributed by atoms with Gasteiger partial charge < -0.3 is 19.9 Å². The minimum atomic E-state index is -0.0205. The van der Waals surface area contributed by atoms with Gasteiger partial charge in [-0.05, 0) is 50.2 Å². The van der Waals surface area contributed by atoms with Crippen LogP contribution in [-0.2, 0) is 13.5 Å². The number of nitrogens with one attached hydrogen (secondary N) is 1. The minimum absolute atomic E-state index is 0.0205. The molecule has 4 aromatic rings. The van der Waals surface area contributed by atoms with E-state index in [4.69, 9.17) is 4.74 Å². The monoisotopic (exact) mass is 541 g/mol. The van der Waals surface area contributed by atoms with Gasteiger partial charge >= 0.3 is 0 Å². The molecule has 208 valence electrons. The molecule has 4 heterocycles. The highest BCUT2D eigenvalue weighted by Gasteiger charge is 2.19. The smallest absolute Gasteiger partial charge is 0.184 e. The normalized spacial score (nSPS) is 13.4. The van der Waals surface area contributed by atoms with Crippen LogP contribution in [-0.4, -0.2) is 74.4 Å². The molecule has 11 heteroatoms. The van der Waals surface area contributed by atoms with E-state index in [1.807, 2.05) is 62.3 Å². The summed E-state index contributed by atoms with van der Waals surface area (Å²) in [4.78, 5) is 26.1. The molecule has 3 aromatic heterocycles. The van der Waals surface area contributed by atoms with Crippen molar-refractivity contribution in [2.45, 2.75) is 32.6 Å². The summed E-state index contributed by atoms with van der Waals surface area (Å²) in [5, 5.41) is 16.7. The van der Waals surface area contributed by atoms with E-state index in [-0.39, 0.29) is 5.78 Å². The van der Waals surface area contributed by atoms with Gasteiger partial charge in [0.15, 0.2) is 23.2 Å². The van der Waals surface area contributed by atoms with Crippen molar-refractivity contribution in [3.8, 4) is 17.1 Å².